The van der Waals surface area contributed by atoms with Crippen molar-refractivity contribution in [1.82, 2.24) is 35.7 Å². The third-order valence-electron chi connectivity index (χ3n) is 4.59. The molecule has 4 N–H and O–H groups in total. The highest BCUT2D eigenvalue weighted by Gasteiger charge is 2.34. The van der Waals surface area contributed by atoms with Gasteiger partial charge in [0.15, 0.2) is 0 Å². The predicted molar refractivity (Wildman–Crippen MR) is 99.5 cm³/mol. The van der Waals surface area contributed by atoms with E-state index in [2.05, 4.69) is 37.7 Å². The van der Waals surface area contributed by atoms with Crippen molar-refractivity contribution in [2.45, 2.75) is 46.2 Å². The van der Waals surface area contributed by atoms with E-state index in [-0.39, 0.29) is 11.9 Å². The molecule has 0 saturated carbocycles. The fraction of sp³-hybridized carbons (Fsp3) is 0.444. The molecule has 144 valence electrons. The summed E-state index contributed by atoms with van der Waals surface area (Å²) in [7, 11) is 1.73. The second kappa shape index (κ2) is 7.65. The Morgan fingerprint density at radius 1 is 1.33 bits per heavy atom. The Hall–Kier alpha value is -3.10. The highest BCUT2D eigenvalue weighted by molar-refractivity contribution is 5.98. The molecular weight excluding hydrogens is 346 g/mol. The number of allylic oxidation sites excluding steroid dienone is 1. The molecule has 3 heterocycles. The van der Waals surface area contributed by atoms with Gasteiger partial charge in [-0.1, -0.05) is 13.3 Å². The second-order valence-electron chi connectivity index (χ2n) is 6.78. The fourth-order valence-corrected chi connectivity index (χ4v) is 3.25. The SMILES string of the molecule is CCCc1cc(CN(C)C(=O)C2=C(C)NC(=O)NC2c2nc[nH]c2C)[nH]n1. The molecule has 0 aliphatic carbocycles. The van der Waals surface area contributed by atoms with E-state index in [9.17, 15) is 9.59 Å². The molecule has 0 fully saturated rings. The number of nitrogens with one attached hydrogen (secondary N) is 4. The van der Waals surface area contributed by atoms with Crippen LogP contribution in [0.4, 0.5) is 4.79 Å². The number of hydrogen-bond donors (Lipinski definition) is 4. The average molecular weight is 371 g/mol. The summed E-state index contributed by atoms with van der Waals surface area (Å²) >= 11 is 0. The van der Waals surface area contributed by atoms with E-state index in [0.29, 0.717) is 23.5 Å². The molecule has 3 amide bonds. The van der Waals surface area contributed by atoms with Gasteiger partial charge in [-0.15, -0.1) is 0 Å². The maximum absolute atomic E-state index is 13.2. The van der Waals surface area contributed by atoms with Crippen LogP contribution in [0.5, 0.6) is 0 Å². The number of H-pyrrole nitrogens is 2. The first kappa shape index (κ1) is 18.7. The molecule has 9 nitrogen and oxygen atoms in total. The Morgan fingerprint density at radius 3 is 2.78 bits per heavy atom. The van der Waals surface area contributed by atoms with E-state index in [0.717, 1.165) is 29.9 Å². The molecule has 0 bridgehead atoms. The maximum Gasteiger partial charge on any atom is 0.319 e. The van der Waals surface area contributed by atoms with Crippen LogP contribution in [0.1, 0.15) is 49.1 Å². The summed E-state index contributed by atoms with van der Waals surface area (Å²) in [6, 6.07) is 1.03. The largest absolute Gasteiger partial charge is 0.348 e. The minimum Gasteiger partial charge on any atom is -0.348 e. The maximum atomic E-state index is 13.2. The third kappa shape index (κ3) is 3.86. The number of carbonyl (C=O) groups excluding carboxylic acids is 2. The summed E-state index contributed by atoms with van der Waals surface area (Å²) < 4.78 is 0. The van der Waals surface area contributed by atoms with Gasteiger partial charge in [-0.25, -0.2) is 9.78 Å². The lowest BCUT2D eigenvalue weighted by Gasteiger charge is -2.30. The Labute approximate surface area is 157 Å². The lowest BCUT2D eigenvalue weighted by atomic mass is 9.97. The average Bonchev–Trinajstić information content (AvgIpc) is 3.23. The molecule has 0 radical (unpaired) electrons. The van der Waals surface area contributed by atoms with E-state index in [1.165, 1.54) is 0 Å². The second-order valence-corrected chi connectivity index (χ2v) is 6.78. The molecule has 0 spiro atoms. The molecule has 0 saturated heterocycles. The van der Waals surface area contributed by atoms with Crippen molar-refractivity contribution in [3.05, 3.63) is 46.4 Å². The van der Waals surface area contributed by atoms with Crippen molar-refractivity contribution in [1.29, 1.82) is 0 Å². The van der Waals surface area contributed by atoms with Gasteiger partial charge in [0.05, 0.1) is 35.5 Å². The Morgan fingerprint density at radius 2 is 2.11 bits per heavy atom. The summed E-state index contributed by atoms with van der Waals surface area (Å²) in [5.74, 6) is -0.181. The van der Waals surface area contributed by atoms with Crippen LogP contribution in [-0.2, 0) is 17.8 Å². The monoisotopic (exact) mass is 371 g/mol. The molecule has 9 heteroatoms. The predicted octanol–water partition coefficient (Wildman–Crippen LogP) is 1.68. The van der Waals surface area contributed by atoms with Crippen LogP contribution >= 0.6 is 0 Å². The molecule has 3 rings (SSSR count). The zero-order chi connectivity index (χ0) is 19.6. The van der Waals surface area contributed by atoms with Gasteiger partial charge in [0, 0.05) is 18.4 Å². The quantitative estimate of drug-likeness (QED) is 0.618. The first-order valence-corrected chi connectivity index (χ1v) is 8.97. The first-order chi connectivity index (χ1) is 12.9. The van der Waals surface area contributed by atoms with Gasteiger partial charge in [0.1, 0.15) is 6.04 Å². The topological polar surface area (TPSA) is 119 Å². The number of amides is 3. The van der Waals surface area contributed by atoms with Crippen molar-refractivity contribution < 1.29 is 9.59 Å². The van der Waals surface area contributed by atoms with Crippen LogP contribution in [0.25, 0.3) is 0 Å². The van der Waals surface area contributed by atoms with Crippen molar-refractivity contribution in [3.8, 4) is 0 Å². The van der Waals surface area contributed by atoms with Crippen molar-refractivity contribution >= 4 is 11.9 Å². The molecule has 27 heavy (non-hydrogen) atoms. The van der Waals surface area contributed by atoms with Crippen molar-refractivity contribution in [2.75, 3.05) is 7.05 Å². The lowest BCUT2D eigenvalue weighted by molar-refractivity contribution is -0.127. The van der Waals surface area contributed by atoms with Crippen molar-refractivity contribution in [3.63, 3.8) is 0 Å². The van der Waals surface area contributed by atoms with Gasteiger partial charge in [-0.3, -0.25) is 9.89 Å². The van der Waals surface area contributed by atoms with Gasteiger partial charge in [0.2, 0.25) is 0 Å². The molecule has 2 aromatic rings. The van der Waals surface area contributed by atoms with Crippen molar-refractivity contribution in [2.24, 2.45) is 0 Å². The van der Waals surface area contributed by atoms with Crippen LogP contribution < -0.4 is 10.6 Å². The number of aromatic nitrogens is 4. The van der Waals surface area contributed by atoms with E-state index in [1.54, 1.807) is 25.2 Å². The number of likely N-dealkylation sites (N-methyl/N-ethyl adjacent to an activating group) is 1. The number of hydrogen-bond acceptors (Lipinski definition) is 4. The van der Waals surface area contributed by atoms with Gasteiger partial charge < -0.3 is 20.5 Å². The third-order valence-corrected chi connectivity index (χ3v) is 4.59. The number of imidazole rings is 1. The molecule has 1 unspecified atom stereocenters. The Bertz CT molecular complexity index is 880. The van der Waals surface area contributed by atoms with Crippen LogP contribution in [0.3, 0.4) is 0 Å². The smallest absolute Gasteiger partial charge is 0.319 e. The van der Waals surface area contributed by atoms with Crippen LogP contribution in [0.15, 0.2) is 23.7 Å². The van der Waals surface area contributed by atoms with Gasteiger partial charge in [-0.2, -0.15) is 5.10 Å². The number of carbonyl (C=O) groups is 2. The number of urea groups is 1. The zero-order valence-corrected chi connectivity index (χ0v) is 16.0. The number of nitrogens with zero attached hydrogens (tertiary/aromatic N) is 3. The van der Waals surface area contributed by atoms with E-state index in [1.807, 2.05) is 13.0 Å². The number of aryl methyl sites for hydroxylation is 2. The normalized spacial score (nSPS) is 16.9. The molecule has 1 aliphatic heterocycles. The minimum atomic E-state index is -0.600. The molecular formula is C18H25N7O2. The highest BCUT2D eigenvalue weighted by Crippen LogP contribution is 2.28. The fourth-order valence-electron chi connectivity index (χ4n) is 3.25. The van der Waals surface area contributed by atoms with Gasteiger partial charge >= 0.3 is 6.03 Å². The first-order valence-electron chi connectivity index (χ1n) is 8.97. The van der Waals surface area contributed by atoms with Gasteiger partial charge in [-0.05, 0) is 26.3 Å². The summed E-state index contributed by atoms with van der Waals surface area (Å²) in [5.41, 5.74) is 4.29. The molecule has 2 aromatic heterocycles. The van der Waals surface area contributed by atoms with Gasteiger partial charge in [0.25, 0.3) is 5.91 Å². The Balaban J connectivity index is 1.84. The molecule has 1 aliphatic rings. The summed E-state index contributed by atoms with van der Waals surface area (Å²) in [4.78, 5) is 34.0. The number of rotatable bonds is 6. The summed E-state index contributed by atoms with van der Waals surface area (Å²) in [5, 5.41) is 12.7. The van der Waals surface area contributed by atoms with Crippen LogP contribution in [0.2, 0.25) is 0 Å². The summed E-state index contributed by atoms with van der Waals surface area (Å²) in [6.45, 7) is 6.08. The molecule has 1 atom stereocenters. The number of aromatic amines is 2. The van der Waals surface area contributed by atoms with E-state index >= 15 is 0 Å². The lowest BCUT2D eigenvalue weighted by Crippen LogP contribution is -2.47. The summed E-state index contributed by atoms with van der Waals surface area (Å²) in [6.07, 6.45) is 3.47. The Kier molecular flexibility index (Phi) is 5.29. The van der Waals surface area contributed by atoms with Crippen LogP contribution in [-0.4, -0.2) is 44.1 Å². The highest BCUT2D eigenvalue weighted by atomic mass is 16.2. The zero-order valence-electron chi connectivity index (χ0n) is 16.0. The minimum absolute atomic E-state index is 0.181. The van der Waals surface area contributed by atoms with E-state index in [4.69, 9.17) is 0 Å². The molecule has 0 aromatic carbocycles. The van der Waals surface area contributed by atoms with E-state index < -0.39 is 6.04 Å². The standard InChI is InChI=1S/C18H25N7O2/c1-5-6-12-7-13(24-23-12)8-25(4)17(26)14-10(2)21-18(27)22-16(14)15-11(3)19-9-20-15/h7,9,16H,5-6,8H2,1-4H3,(H,19,20)(H,23,24)(H2,21,22,27). The van der Waals surface area contributed by atoms with Crippen LogP contribution in [0, 0.1) is 6.92 Å².